The smallest absolute Gasteiger partial charge is 0.254 e. The van der Waals surface area contributed by atoms with Crippen LogP contribution in [-0.2, 0) is 16.1 Å². The van der Waals surface area contributed by atoms with E-state index in [1.807, 2.05) is 19.1 Å². The molecule has 2 N–H and O–H groups in total. The van der Waals surface area contributed by atoms with E-state index in [0.717, 1.165) is 22.6 Å². The molecule has 176 valence electrons. The predicted octanol–water partition coefficient (Wildman–Crippen LogP) is 3.81. The molecular formula is C25H22F3N3O3. The van der Waals surface area contributed by atoms with Crippen molar-refractivity contribution in [3.63, 3.8) is 0 Å². The van der Waals surface area contributed by atoms with Crippen molar-refractivity contribution >= 4 is 23.4 Å². The van der Waals surface area contributed by atoms with Gasteiger partial charge in [-0.2, -0.15) is 0 Å². The summed E-state index contributed by atoms with van der Waals surface area (Å²) in [5.41, 5.74) is 1.79. The van der Waals surface area contributed by atoms with Gasteiger partial charge in [-0.05, 0) is 48.9 Å². The Balaban J connectivity index is 1.67. The van der Waals surface area contributed by atoms with E-state index in [9.17, 15) is 27.6 Å². The van der Waals surface area contributed by atoms with E-state index in [1.54, 1.807) is 12.1 Å². The van der Waals surface area contributed by atoms with Crippen molar-refractivity contribution in [1.29, 1.82) is 0 Å². The standard InChI is InChI=1S/C25H22F3N3O3/c1-16-2-8-22(9-3-16)30-23(32)13-29-24(33)15-31(14-17-4-6-19(26)7-5-17)25(34)18-10-20(27)12-21(28)11-18/h2-12H,13-15H2,1H3,(H,29,33)(H,30,32). The quantitative estimate of drug-likeness (QED) is 0.527. The third-order valence-electron chi connectivity index (χ3n) is 4.80. The fourth-order valence-electron chi connectivity index (χ4n) is 3.12. The number of benzene rings is 3. The highest BCUT2D eigenvalue weighted by atomic mass is 19.1. The van der Waals surface area contributed by atoms with Gasteiger partial charge in [0.25, 0.3) is 5.91 Å². The Morgan fingerprint density at radius 1 is 0.794 bits per heavy atom. The Kier molecular flexibility index (Phi) is 8.02. The largest absolute Gasteiger partial charge is 0.345 e. The van der Waals surface area contributed by atoms with Crippen LogP contribution in [0.3, 0.4) is 0 Å². The fourth-order valence-corrected chi connectivity index (χ4v) is 3.12. The maximum atomic E-state index is 13.6. The lowest BCUT2D eigenvalue weighted by Crippen LogP contribution is -2.42. The minimum Gasteiger partial charge on any atom is -0.345 e. The molecule has 3 aromatic carbocycles. The first-order valence-electron chi connectivity index (χ1n) is 10.3. The first-order valence-corrected chi connectivity index (χ1v) is 10.3. The fraction of sp³-hybridized carbons (Fsp3) is 0.160. The Morgan fingerprint density at radius 3 is 2.03 bits per heavy atom. The monoisotopic (exact) mass is 469 g/mol. The third-order valence-corrected chi connectivity index (χ3v) is 4.80. The normalized spacial score (nSPS) is 10.5. The molecule has 0 saturated heterocycles. The maximum Gasteiger partial charge on any atom is 0.254 e. The van der Waals surface area contributed by atoms with Crippen molar-refractivity contribution in [2.75, 3.05) is 18.4 Å². The minimum atomic E-state index is -0.942. The average Bonchev–Trinajstić information content (AvgIpc) is 2.79. The second kappa shape index (κ2) is 11.1. The van der Waals surface area contributed by atoms with Crippen LogP contribution in [0.15, 0.2) is 66.7 Å². The molecule has 0 aliphatic rings. The maximum absolute atomic E-state index is 13.6. The van der Waals surface area contributed by atoms with Gasteiger partial charge in [0.05, 0.1) is 6.54 Å². The number of carbonyl (C=O) groups is 3. The highest BCUT2D eigenvalue weighted by molar-refractivity contribution is 5.98. The van der Waals surface area contributed by atoms with Gasteiger partial charge in [-0.1, -0.05) is 29.8 Å². The molecule has 34 heavy (non-hydrogen) atoms. The van der Waals surface area contributed by atoms with E-state index >= 15 is 0 Å². The number of anilines is 1. The molecule has 0 radical (unpaired) electrons. The molecule has 0 aliphatic carbocycles. The van der Waals surface area contributed by atoms with Gasteiger partial charge < -0.3 is 15.5 Å². The molecule has 0 unspecified atom stereocenters. The summed E-state index contributed by atoms with van der Waals surface area (Å²) >= 11 is 0. The zero-order chi connectivity index (χ0) is 24.7. The second-order valence-corrected chi connectivity index (χ2v) is 7.64. The number of amides is 3. The van der Waals surface area contributed by atoms with Gasteiger partial charge in [0.15, 0.2) is 0 Å². The van der Waals surface area contributed by atoms with Gasteiger partial charge >= 0.3 is 0 Å². The van der Waals surface area contributed by atoms with Crippen LogP contribution in [-0.4, -0.2) is 35.7 Å². The van der Waals surface area contributed by atoms with Gasteiger partial charge in [0.2, 0.25) is 11.8 Å². The molecule has 0 spiro atoms. The Morgan fingerprint density at radius 2 is 1.41 bits per heavy atom. The number of hydrogen-bond donors (Lipinski definition) is 2. The van der Waals surface area contributed by atoms with Crippen LogP contribution in [0.4, 0.5) is 18.9 Å². The number of hydrogen-bond acceptors (Lipinski definition) is 3. The van der Waals surface area contributed by atoms with Gasteiger partial charge in [0.1, 0.15) is 24.0 Å². The molecule has 0 bridgehead atoms. The van der Waals surface area contributed by atoms with Crippen molar-refractivity contribution in [3.05, 3.63) is 101 Å². The SMILES string of the molecule is Cc1ccc(NC(=O)CNC(=O)CN(Cc2ccc(F)cc2)C(=O)c2cc(F)cc(F)c2)cc1. The number of halogens is 3. The molecule has 3 amide bonds. The summed E-state index contributed by atoms with van der Waals surface area (Å²) in [6.45, 7) is 0.940. The molecule has 0 aliphatic heterocycles. The van der Waals surface area contributed by atoms with E-state index in [0.29, 0.717) is 17.3 Å². The molecule has 6 nitrogen and oxygen atoms in total. The molecule has 0 saturated carbocycles. The summed E-state index contributed by atoms with van der Waals surface area (Å²) in [4.78, 5) is 38.6. The first kappa shape index (κ1) is 24.5. The zero-order valence-electron chi connectivity index (χ0n) is 18.3. The van der Waals surface area contributed by atoms with Crippen molar-refractivity contribution in [3.8, 4) is 0 Å². The molecule has 0 atom stereocenters. The number of nitrogens with zero attached hydrogens (tertiary/aromatic N) is 1. The highest BCUT2D eigenvalue weighted by Crippen LogP contribution is 2.14. The number of aryl methyl sites for hydroxylation is 1. The van der Waals surface area contributed by atoms with E-state index in [2.05, 4.69) is 10.6 Å². The lowest BCUT2D eigenvalue weighted by molar-refractivity contribution is -0.124. The predicted molar refractivity (Wildman–Crippen MR) is 120 cm³/mol. The van der Waals surface area contributed by atoms with Crippen LogP contribution < -0.4 is 10.6 Å². The number of nitrogens with one attached hydrogen (secondary N) is 2. The zero-order valence-corrected chi connectivity index (χ0v) is 18.3. The first-order chi connectivity index (χ1) is 16.2. The summed E-state index contributed by atoms with van der Waals surface area (Å²) in [6, 6.07) is 14.7. The number of carbonyl (C=O) groups excluding carboxylic acids is 3. The number of rotatable bonds is 8. The van der Waals surface area contributed by atoms with Crippen LogP contribution in [0.2, 0.25) is 0 Å². The Labute approximate surface area is 194 Å². The summed E-state index contributed by atoms with van der Waals surface area (Å²) in [5, 5.41) is 5.05. The van der Waals surface area contributed by atoms with Crippen molar-refractivity contribution < 1.29 is 27.6 Å². The van der Waals surface area contributed by atoms with Crippen LogP contribution >= 0.6 is 0 Å². The van der Waals surface area contributed by atoms with Crippen LogP contribution in [0, 0.1) is 24.4 Å². The van der Waals surface area contributed by atoms with E-state index in [1.165, 1.54) is 24.3 Å². The molecule has 9 heteroatoms. The average molecular weight is 469 g/mol. The van der Waals surface area contributed by atoms with E-state index < -0.39 is 41.7 Å². The molecule has 0 heterocycles. The van der Waals surface area contributed by atoms with Crippen molar-refractivity contribution in [1.82, 2.24) is 10.2 Å². The summed E-state index contributed by atoms with van der Waals surface area (Å²) < 4.78 is 40.5. The third kappa shape index (κ3) is 7.19. The second-order valence-electron chi connectivity index (χ2n) is 7.64. The summed E-state index contributed by atoms with van der Waals surface area (Å²) in [5.74, 6) is -4.30. The highest BCUT2D eigenvalue weighted by Gasteiger charge is 2.21. The Hall–Kier alpha value is -4.14. The van der Waals surface area contributed by atoms with Crippen LogP contribution in [0.1, 0.15) is 21.5 Å². The Bertz CT molecular complexity index is 1160. The van der Waals surface area contributed by atoms with Crippen LogP contribution in [0.25, 0.3) is 0 Å². The minimum absolute atomic E-state index is 0.125. The van der Waals surface area contributed by atoms with Crippen molar-refractivity contribution in [2.45, 2.75) is 13.5 Å². The van der Waals surface area contributed by atoms with Gasteiger partial charge in [-0.3, -0.25) is 14.4 Å². The van der Waals surface area contributed by atoms with Crippen molar-refractivity contribution in [2.24, 2.45) is 0 Å². The van der Waals surface area contributed by atoms with E-state index in [-0.39, 0.29) is 18.7 Å². The summed E-state index contributed by atoms with van der Waals surface area (Å²) in [7, 11) is 0. The van der Waals surface area contributed by atoms with Gasteiger partial charge in [-0.25, -0.2) is 13.2 Å². The molecular weight excluding hydrogens is 447 g/mol. The lowest BCUT2D eigenvalue weighted by atomic mass is 10.1. The summed E-state index contributed by atoms with van der Waals surface area (Å²) in [6.07, 6.45) is 0. The van der Waals surface area contributed by atoms with E-state index in [4.69, 9.17) is 0 Å². The molecule has 0 fully saturated rings. The molecule has 3 rings (SSSR count). The van der Waals surface area contributed by atoms with Gasteiger partial charge in [0, 0.05) is 23.9 Å². The van der Waals surface area contributed by atoms with Gasteiger partial charge in [-0.15, -0.1) is 0 Å². The van der Waals surface area contributed by atoms with Crippen LogP contribution in [0.5, 0.6) is 0 Å². The molecule has 3 aromatic rings. The topological polar surface area (TPSA) is 78.5 Å². The lowest BCUT2D eigenvalue weighted by Gasteiger charge is -2.22. The molecule has 0 aromatic heterocycles.